The zero-order valence-corrected chi connectivity index (χ0v) is 15.3. The summed E-state index contributed by atoms with van der Waals surface area (Å²) in [6.07, 6.45) is 2.12. The van der Waals surface area contributed by atoms with E-state index in [1.165, 1.54) is 5.46 Å². The Kier molecular flexibility index (Phi) is 4.68. The van der Waals surface area contributed by atoms with Gasteiger partial charge in [0.15, 0.2) is 0 Å². The van der Waals surface area contributed by atoms with Crippen LogP contribution >= 0.6 is 0 Å². The summed E-state index contributed by atoms with van der Waals surface area (Å²) in [6.45, 7) is 16.6. The highest BCUT2D eigenvalue weighted by molar-refractivity contribution is 6.68. The monoisotopic (exact) mass is 302 g/mol. The Hall–Kier alpha value is -0.955. The van der Waals surface area contributed by atoms with Gasteiger partial charge in [-0.2, -0.15) is 0 Å². The smallest absolute Gasteiger partial charge is 0.327 e. The van der Waals surface area contributed by atoms with Crippen LogP contribution < -0.4 is 10.2 Å². The second kappa shape index (κ2) is 5.92. The van der Waals surface area contributed by atoms with Gasteiger partial charge in [0.1, 0.15) is 5.75 Å². The summed E-state index contributed by atoms with van der Waals surface area (Å²) in [5.41, 5.74) is 1.68. The molecule has 1 aromatic carbocycles. The van der Waals surface area contributed by atoms with Crippen LogP contribution in [-0.2, 0) is 4.65 Å². The lowest BCUT2D eigenvalue weighted by molar-refractivity contribution is 0.0375. The summed E-state index contributed by atoms with van der Waals surface area (Å²) in [5.74, 6) is 0.949. The van der Waals surface area contributed by atoms with Crippen LogP contribution in [0.1, 0.15) is 54.9 Å². The van der Waals surface area contributed by atoms with Gasteiger partial charge in [-0.25, -0.2) is 0 Å². The third kappa shape index (κ3) is 4.07. The van der Waals surface area contributed by atoms with Crippen molar-refractivity contribution < 1.29 is 9.39 Å². The molecule has 0 N–H and O–H groups in total. The van der Waals surface area contributed by atoms with Gasteiger partial charge in [0.05, 0.1) is 12.2 Å². The minimum atomic E-state index is -0.0838. The highest BCUT2D eigenvalue weighted by Gasteiger charge is 2.49. The maximum atomic E-state index is 6.27. The Balaban J connectivity index is 1.96. The van der Waals surface area contributed by atoms with E-state index in [9.17, 15) is 0 Å². The second-order valence-electron chi connectivity index (χ2n) is 8.93. The third-order valence-corrected chi connectivity index (χ3v) is 5.14. The van der Waals surface area contributed by atoms with E-state index < -0.39 is 0 Å². The van der Waals surface area contributed by atoms with Crippen molar-refractivity contribution >= 4 is 12.4 Å². The molecule has 2 rings (SSSR count). The van der Waals surface area contributed by atoms with Crippen molar-refractivity contribution in [3.8, 4) is 5.75 Å². The molecule has 1 fully saturated rings. The van der Waals surface area contributed by atoms with Gasteiger partial charge in [-0.05, 0) is 55.0 Å². The molecule has 1 aromatic rings. The lowest BCUT2D eigenvalue weighted by atomic mass is 9.54. The molecule has 0 aliphatic carbocycles. The average Bonchev–Trinajstić information content (AvgIpc) is 2.58. The third-order valence-electron chi connectivity index (χ3n) is 5.14. The first-order valence-electron chi connectivity index (χ1n) is 8.41. The maximum absolute atomic E-state index is 6.27. The molecule has 2 nitrogen and oxygen atoms in total. The van der Waals surface area contributed by atoms with Gasteiger partial charge in [-0.3, -0.25) is 0 Å². The molecule has 0 bridgehead atoms. The van der Waals surface area contributed by atoms with Gasteiger partial charge in [0.2, 0.25) is 0 Å². The van der Waals surface area contributed by atoms with E-state index in [1.54, 1.807) is 0 Å². The van der Waals surface area contributed by atoms with Crippen LogP contribution in [-0.4, -0.2) is 19.1 Å². The maximum Gasteiger partial charge on any atom is 0.327 e. The molecule has 22 heavy (non-hydrogen) atoms. The molecule has 0 saturated carbocycles. The van der Waals surface area contributed by atoms with Crippen LogP contribution in [0.3, 0.4) is 0 Å². The van der Waals surface area contributed by atoms with Crippen molar-refractivity contribution in [2.45, 2.75) is 66.8 Å². The molecule has 1 aliphatic heterocycles. The highest BCUT2D eigenvalue weighted by atomic mass is 16.5. The summed E-state index contributed by atoms with van der Waals surface area (Å²) < 4.78 is 12.1. The molecule has 1 aliphatic rings. The van der Waals surface area contributed by atoms with E-state index in [0.29, 0.717) is 5.41 Å². The average molecular weight is 302 g/mol. The number of hydrogen-bond acceptors (Lipinski definition) is 2. The van der Waals surface area contributed by atoms with Crippen LogP contribution in [0, 0.1) is 10.8 Å². The predicted octanol–water partition coefficient (Wildman–Crippen LogP) is 4.54. The minimum absolute atomic E-state index is 0.0838. The molecule has 0 amide bonds. The SMILES string of the molecule is CC(C)(C)CCOc1ccc(B2CC(C)(C)C(C)(C)O2)cc1. The Morgan fingerprint density at radius 3 is 2.14 bits per heavy atom. The van der Waals surface area contributed by atoms with Gasteiger partial charge in [-0.1, -0.05) is 46.8 Å². The standard InChI is InChI=1S/C19H31BO2/c1-17(2,3)12-13-21-16-10-8-15(9-11-16)20-14-18(4,5)19(6,7)22-20/h8-11H,12-14H2,1-7H3. The van der Waals surface area contributed by atoms with Crippen molar-refractivity contribution in [1.82, 2.24) is 0 Å². The minimum Gasteiger partial charge on any atom is -0.494 e. The first-order chi connectivity index (χ1) is 10.0. The number of benzene rings is 1. The molecular weight excluding hydrogens is 271 g/mol. The van der Waals surface area contributed by atoms with Gasteiger partial charge >= 0.3 is 6.92 Å². The fourth-order valence-corrected chi connectivity index (χ4v) is 2.71. The fraction of sp³-hybridized carbons (Fsp3) is 0.684. The molecular formula is C19H31BO2. The van der Waals surface area contributed by atoms with Gasteiger partial charge in [-0.15, -0.1) is 0 Å². The Labute approximate surface area is 136 Å². The normalized spacial score (nSPS) is 20.2. The van der Waals surface area contributed by atoms with E-state index in [2.05, 4.69) is 72.7 Å². The van der Waals surface area contributed by atoms with Crippen molar-refractivity contribution in [3.63, 3.8) is 0 Å². The number of ether oxygens (including phenoxy) is 1. The summed E-state index contributed by atoms with van der Waals surface area (Å²) >= 11 is 0. The summed E-state index contributed by atoms with van der Waals surface area (Å²) in [6, 6.07) is 8.43. The van der Waals surface area contributed by atoms with Crippen molar-refractivity contribution in [2.75, 3.05) is 6.61 Å². The highest BCUT2D eigenvalue weighted by Crippen LogP contribution is 2.45. The first kappa shape index (κ1) is 17.4. The Bertz CT molecular complexity index is 481. The molecule has 0 unspecified atom stereocenters. The largest absolute Gasteiger partial charge is 0.494 e. The summed E-state index contributed by atoms with van der Waals surface area (Å²) in [4.78, 5) is 0. The topological polar surface area (TPSA) is 18.5 Å². The van der Waals surface area contributed by atoms with Crippen molar-refractivity contribution in [1.29, 1.82) is 0 Å². The van der Waals surface area contributed by atoms with E-state index in [-0.39, 0.29) is 17.9 Å². The molecule has 1 heterocycles. The molecule has 1 saturated heterocycles. The zero-order chi connectivity index (χ0) is 16.6. The molecule has 0 spiro atoms. The van der Waals surface area contributed by atoms with E-state index in [1.807, 2.05) is 0 Å². The van der Waals surface area contributed by atoms with E-state index >= 15 is 0 Å². The molecule has 3 heteroatoms. The van der Waals surface area contributed by atoms with Gasteiger partial charge < -0.3 is 9.39 Å². The van der Waals surface area contributed by atoms with Gasteiger partial charge in [0.25, 0.3) is 0 Å². The van der Waals surface area contributed by atoms with Crippen LogP contribution in [0.25, 0.3) is 0 Å². The fourth-order valence-electron chi connectivity index (χ4n) is 2.71. The summed E-state index contributed by atoms with van der Waals surface area (Å²) in [5, 5.41) is 0. The molecule has 0 atom stereocenters. The lowest BCUT2D eigenvalue weighted by Gasteiger charge is -2.34. The predicted molar refractivity (Wildman–Crippen MR) is 95.1 cm³/mol. The number of rotatable bonds is 4. The second-order valence-corrected chi connectivity index (χ2v) is 8.93. The van der Waals surface area contributed by atoms with Crippen LogP contribution in [0.4, 0.5) is 0 Å². The van der Waals surface area contributed by atoms with Gasteiger partial charge in [0, 0.05) is 0 Å². The van der Waals surface area contributed by atoms with E-state index in [0.717, 1.165) is 25.1 Å². The Morgan fingerprint density at radius 1 is 1.09 bits per heavy atom. The van der Waals surface area contributed by atoms with Crippen LogP contribution in [0.5, 0.6) is 5.75 Å². The lowest BCUT2D eigenvalue weighted by Crippen LogP contribution is -2.36. The molecule has 122 valence electrons. The van der Waals surface area contributed by atoms with E-state index in [4.69, 9.17) is 9.39 Å². The summed E-state index contributed by atoms with van der Waals surface area (Å²) in [7, 11) is 0. The van der Waals surface area contributed by atoms with Crippen molar-refractivity contribution in [2.24, 2.45) is 10.8 Å². The zero-order valence-electron chi connectivity index (χ0n) is 15.3. The van der Waals surface area contributed by atoms with Crippen molar-refractivity contribution in [3.05, 3.63) is 24.3 Å². The quantitative estimate of drug-likeness (QED) is 0.760. The Morgan fingerprint density at radius 2 is 1.68 bits per heavy atom. The molecule has 0 radical (unpaired) electrons. The van der Waals surface area contributed by atoms with Crippen LogP contribution in [0.2, 0.25) is 6.32 Å². The molecule has 0 aromatic heterocycles. The number of hydrogen-bond donors (Lipinski definition) is 0. The van der Waals surface area contributed by atoms with Crippen LogP contribution in [0.15, 0.2) is 24.3 Å². The first-order valence-corrected chi connectivity index (χ1v) is 8.41.